The first-order chi connectivity index (χ1) is 28.5. The standard InChI is InChI=1S/C21H24FN3O4.C19H20FN3O4.C2H5Br.Na.H/c1-5-25(21(26)27-3)19-9-7-6-8-17(19)14-29-23-15(2)20(24-28-4)16-10-12-18(22)13-11-16;1-13(18(23-26-3)14-8-10-16(20)11-9-14)22-27-12-15-6-4-5-7-17(15)21-19(24)25-2;1-2-3;;/h6-13H,5,14H2,1-4H3;4-11H,12H2,1-3H3,(H,21,24);2H2,1H3;;/q;;;+1;-1/b23-15+,24-20-;22-13+,23-18-;;;. The molecule has 0 atom stereocenters. The molecule has 0 aliphatic carbocycles. The van der Waals surface area contributed by atoms with Crippen molar-refractivity contribution in [1.29, 1.82) is 0 Å². The summed E-state index contributed by atoms with van der Waals surface area (Å²) in [7, 11) is 5.45. The Morgan fingerprint density at radius 3 is 1.53 bits per heavy atom. The Kier molecular flexibility index (Phi) is 26.1. The van der Waals surface area contributed by atoms with E-state index in [2.05, 4.69) is 46.6 Å². The second kappa shape index (κ2) is 29.8. The van der Waals surface area contributed by atoms with Gasteiger partial charge in [-0.2, -0.15) is 0 Å². The normalized spacial score (nSPS) is 11.2. The number of nitrogens with zero attached hydrogens (tertiary/aromatic N) is 5. The van der Waals surface area contributed by atoms with Gasteiger partial charge in [-0.1, -0.05) is 79.9 Å². The van der Waals surface area contributed by atoms with Crippen LogP contribution >= 0.6 is 15.9 Å². The van der Waals surface area contributed by atoms with Crippen LogP contribution in [0.5, 0.6) is 0 Å². The topological polar surface area (TPSA) is 154 Å². The first-order valence-corrected chi connectivity index (χ1v) is 19.1. The van der Waals surface area contributed by atoms with Gasteiger partial charge in [0, 0.05) is 34.1 Å². The third-order valence-electron chi connectivity index (χ3n) is 7.56. The molecule has 1 N–H and O–H groups in total. The quantitative estimate of drug-likeness (QED) is 0.0590. The summed E-state index contributed by atoms with van der Waals surface area (Å²) in [4.78, 5) is 45.5. The molecule has 0 unspecified atom stereocenters. The van der Waals surface area contributed by atoms with Gasteiger partial charge >= 0.3 is 41.7 Å². The predicted molar refractivity (Wildman–Crippen MR) is 231 cm³/mol. The predicted octanol–water partition coefficient (Wildman–Crippen LogP) is 6.83. The molecule has 318 valence electrons. The molecule has 0 aliphatic heterocycles. The molecule has 0 spiro atoms. The third kappa shape index (κ3) is 17.9. The third-order valence-corrected chi connectivity index (χ3v) is 7.56. The van der Waals surface area contributed by atoms with Crippen molar-refractivity contribution < 1.29 is 78.2 Å². The van der Waals surface area contributed by atoms with Gasteiger partial charge in [0.1, 0.15) is 61.9 Å². The van der Waals surface area contributed by atoms with Gasteiger partial charge in [0.25, 0.3) is 0 Å². The van der Waals surface area contributed by atoms with E-state index >= 15 is 0 Å². The SMILES string of the molecule is CCBr.CCN(C(=O)OC)c1ccccc1CO/N=C(C)/C(=N/OC)c1ccc(F)cc1.CO/N=C(/C(C)=N/OCc1ccccc1NC(=O)OC)c1ccc(F)cc1.[H-].[Na+]. The van der Waals surface area contributed by atoms with Gasteiger partial charge in [-0.25, -0.2) is 18.4 Å². The van der Waals surface area contributed by atoms with E-state index in [0.29, 0.717) is 57.5 Å². The maximum atomic E-state index is 13.2. The molecule has 14 nitrogen and oxygen atoms in total. The number of oxime groups is 4. The number of ether oxygens (including phenoxy) is 2. The van der Waals surface area contributed by atoms with Crippen molar-refractivity contribution >= 4 is 62.3 Å². The number of amides is 2. The first-order valence-electron chi connectivity index (χ1n) is 18.0. The molecule has 18 heteroatoms. The van der Waals surface area contributed by atoms with E-state index in [1.54, 1.807) is 56.3 Å². The molecule has 0 aliphatic rings. The van der Waals surface area contributed by atoms with Crippen LogP contribution in [0.15, 0.2) is 118 Å². The summed E-state index contributed by atoms with van der Waals surface area (Å²) in [5.41, 5.74) is 5.73. The number of carbonyl (C=O) groups excluding carboxylic acids is 2. The minimum absolute atomic E-state index is 0. The molecule has 0 heterocycles. The second-order valence-electron chi connectivity index (χ2n) is 11.5. The summed E-state index contributed by atoms with van der Waals surface area (Å²) in [5.74, 6) is -0.699. The van der Waals surface area contributed by atoms with Crippen molar-refractivity contribution in [2.45, 2.75) is 40.9 Å². The van der Waals surface area contributed by atoms with Crippen LogP contribution in [0, 0.1) is 11.6 Å². The molecule has 4 aromatic carbocycles. The molecule has 0 aromatic heterocycles. The molecule has 0 saturated carbocycles. The molecule has 60 heavy (non-hydrogen) atoms. The zero-order valence-electron chi connectivity index (χ0n) is 36.2. The Morgan fingerprint density at radius 1 is 0.667 bits per heavy atom. The maximum absolute atomic E-state index is 13.2. The van der Waals surface area contributed by atoms with E-state index in [1.165, 1.54) is 57.6 Å². The Bertz CT molecular complexity index is 2040. The van der Waals surface area contributed by atoms with Crippen LogP contribution in [-0.4, -0.2) is 75.3 Å². The minimum Gasteiger partial charge on any atom is -1.00 e. The largest absolute Gasteiger partial charge is 1.00 e. The summed E-state index contributed by atoms with van der Waals surface area (Å²) < 4.78 is 35.7. The summed E-state index contributed by atoms with van der Waals surface area (Å²) in [6.07, 6.45) is -1.03. The van der Waals surface area contributed by atoms with Crippen molar-refractivity contribution in [3.63, 3.8) is 0 Å². The summed E-state index contributed by atoms with van der Waals surface area (Å²) in [5, 5.41) is 19.7. The first kappa shape index (κ1) is 52.7. The zero-order valence-corrected chi connectivity index (χ0v) is 38.8. The van der Waals surface area contributed by atoms with Gasteiger partial charge in [-0.3, -0.25) is 10.2 Å². The summed E-state index contributed by atoms with van der Waals surface area (Å²) in [6.45, 7) is 7.99. The molecule has 0 fully saturated rings. The van der Waals surface area contributed by atoms with E-state index in [9.17, 15) is 18.4 Å². The summed E-state index contributed by atoms with van der Waals surface area (Å²) >= 11 is 3.15. The van der Waals surface area contributed by atoms with Crippen molar-refractivity contribution in [2.24, 2.45) is 20.6 Å². The molecular formula is C42H50BrF2N6NaO8. The van der Waals surface area contributed by atoms with E-state index in [-0.39, 0.29) is 55.8 Å². The molecule has 2 amide bonds. The van der Waals surface area contributed by atoms with Crippen molar-refractivity contribution in [3.8, 4) is 0 Å². The van der Waals surface area contributed by atoms with E-state index < -0.39 is 12.2 Å². The van der Waals surface area contributed by atoms with E-state index in [1.807, 2.05) is 44.2 Å². The minimum atomic E-state index is -0.576. The fraction of sp³-hybridized carbons (Fsp3) is 0.286. The fourth-order valence-electron chi connectivity index (χ4n) is 4.87. The van der Waals surface area contributed by atoms with Crippen molar-refractivity contribution in [2.75, 3.05) is 50.5 Å². The van der Waals surface area contributed by atoms with Gasteiger partial charge in [0.05, 0.1) is 25.6 Å². The number of para-hydroxylation sites is 2. The average Bonchev–Trinajstić information content (AvgIpc) is 3.24. The maximum Gasteiger partial charge on any atom is 1.00 e. The monoisotopic (exact) mass is 906 g/mol. The molecular weight excluding hydrogens is 857 g/mol. The number of anilines is 2. The molecule has 0 bridgehead atoms. The fourth-order valence-corrected chi connectivity index (χ4v) is 4.87. The number of carbonyl (C=O) groups is 2. The number of alkyl halides is 1. The summed E-state index contributed by atoms with van der Waals surface area (Å²) in [6, 6.07) is 26.1. The van der Waals surface area contributed by atoms with E-state index in [0.717, 1.165) is 10.9 Å². The van der Waals surface area contributed by atoms with Gasteiger partial charge in [-0.05, 0) is 81.4 Å². The van der Waals surface area contributed by atoms with Crippen LogP contribution in [0.2, 0.25) is 0 Å². The van der Waals surface area contributed by atoms with Crippen LogP contribution in [0.3, 0.4) is 0 Å². The number of rotatable bonds is 15. The Morgan fingerprint density at radius 2 is 1.10 bits per heavy atom. The molecule has 4 aromatic rings. The number of nitrogens with one attached hydrogen (secondary N) is 1. The number of hydrogen-bond acceptors (Lipinski definition) is 12. The second-order valence-corrected chi connectivity index (χ2v) is 12.7. The smallest absolute Gasteiger partial charge is 1.00 e. The number of hydrogen-bond donors (Lipinski definition) is 1. The number of methoxy groups -OCH3 is 2. The Labute approximate surface area is 381 Å². The van der Waals surface area contributed by atoms with Gasteiger partial charge in [0.2, 0.25) is 0 Å². The number of benzene rings is 4. The van der Waals surface area contributed by atoms with Gasteiger partial charge in [0.15, 0.2) is 0 Å². The van der Waals surface area contributed by atoms with Gasteiger partial charge < -0.3 is 30.3 Å². The zero-order chi connectivity index (χ0) is 43.6. The Balaban J connectivity index is 0.00000108. The molecule has 0 saturated heterocycles. The van der Waals surface area contributed by atoms with Crippen LogP contribution in [0.1, 0.15) is 51.4 Å². The van der Waals surface area contributed by atoms with Crippen LogP contribution in [0.25, 0.3) is 0 Å². The van der Waals surface area contributed by atoms with Crippen LogP contribution in [0.4, 0.5) is 29.7 Å². The molecule has 0 radical (unpaired) electrons. The van der Waals surface area contributed by atoms with Crippen LogP contribution in [-0.2, 0) is 42.0 Å². The van der Waals surface area contributed by atoms with Crippen molar-refractivity contribution in [3.05, 3.63) is 131 Å². The average molecular weight is 908 g/mol. The Hall–Kier alpha value is -5.36. The van der Waals surface area contributed by atoms with Gasteiger partial charge in [-0.15, -0.1) is 0 Å². The van der Waals surface area contributed by atoms with Crippen LogP contribution < -0.4 is 39.8 Å². The number of halogens is 3. The molecule has 4 rings (SSSR count). The van der Waals surface area contributed by atoms with Crippen molar-refractivity contribution in [1.82, 2.24) is 0 Å². The van der Waals surface area contributed by atoms with E-state index in [4.69, 9.17) is 24.1 Å².